The van der Waals surface area contributed by atoms with Crippen LogP contribution in [0.1, 0.15) is 33.3 Å². The van der Waals surface area contributed by atoms with E-state index < -0.39 is 0 Å². The lowest BCUT2D eigenvalue weighted by Gasteiger charge is -2.29. The molecule has 0 fully saturated rings. The summed E-state index contributed by atoms with van der Waals surface area (Å²) in [4.78, 5) is 12.4. The molecule has 1 unspecified atom stereocenters. The van der Waals surface area contributed by atoms with Crippen molar-refractivity contribution < 1.29 is 14.3 Å². The summed E-state index contributed by atoms with van der Waals surface area (Å²) in [5.41, 5.74) is 0.758. The molecule has 0 radical (unpaired) electrons. The Hall–Kier alpha value is -0.870. The maximum Gasteiger partial charge on any atom is 0.166 e. The van der Waals surface area contributed by atoms with E-state index in [0.29, 0.717) is 13.0 Å². The third kappa shape index (κ3) is 4.60. The molecule has 3 nitrogen and oxygen atoms in total. The Balaban J connectivity index is 2.85. The zero-order valence-electron chi connectivity index (χ0n) is 12.8. The van der Waals surface area contributed by atoms with Gasteiger partial charge in [-0.1, -0.05) is 26.8 Å². The number of benzene rings is 1. The summed E-state index contributed by atoms with van der Waals surface area (Å²) in [6, 6.07) is 5.69. The molecule has 0 N–H and O–H groups in total. The minimum atomic E-state index is -0.381. The molecular formula is C16H23BrO3. The van der Waals surface area contributed by atoms with Gasteiger partial charge in [-0.15, -0.1) is 0 Å². The molecule has 0 aliphatic rings. The van der Waals surface area contributed by atoms with E-state index in [9.17, 15) is 4.79 Å². The molecule has 1 aromatic carbocycles. The van der Waals surface area contributed by atoms with Crippen LogP contribution in [-0.2, 0) is 16.0 Å². The molecule has 0 amide bonds. The van der Waals surface area contributed by atoms with Gasteiger partial charge >= 0.3 is 0 Å². The topological polar surface area (TPSA) is 35.5 Å². The van der Waals surface area contributed by atoms with E-state index in [1.165, 1.54) is 0 Å². The van der Waals surface area contributed by atoms with Crippen LogP contribution >= 0.6 is 15.9 Å². The van der Waals surface area contributed by atoms with Crippen molar-refractivity contribution in [2.75, 3.05) is 13.7 Å². The first-order valence-corrected chi connectivity index (χ1v) is 7.55. The van der Waals surface area contributed by atoms with E-state index >= 15 is 0 Å². The normalized spacial score (nSPS) is 13.1. The van der Waals surface area contributed by atoms with Crippen LogP contribution in [0.3, 0.4) is 0 Å². The van der Waals surface area contributed by atoms with Crippen LogP contribution < -0.4 is 4.74 Å². The van der Waals surface area contributed by atoms with Gasteiger partial charge in [-0.25, -0.2) is 0 Å². The molecule has 1 atom stereocenters. The molecule has 1 aromatic rings. The Morgan fingerprint density at radius 3 is 2.45 bits per heavy atom. The minimum absolute atomic E-state index is 0.108. The molecule has 4 heteroatoms. The average Bonchev–Trinajstić information content (AvgIpc) is 2.34. The summed E-state index contributed by atoms with van der Waals surface area (Å²) in [5.74, 6) is 0.870. The zero-order chi connectivity index (χ0) is 15.3. The van der Waals surface area contributed by atoms with E-state index in [-0.39, 0.29) is 17.3 Å². The predicted molar refractivity (Wildman–Crippen MR) is 84.3 cm³/mol. The molecular weight excluding hydrogens is 320 g/mol. The number of Topliss-reactive ketones (excluding diaryl/α,β-unsaturated/α-hetero) is 1. The van der Waals surface area contributed by atoms with Crippen LogP contribution in [-0.4, -0.2) is 25.6 Å². The smallest absolute Gasteiger partial charge is 0.166 e. The Morgan fingerprint density at radius 1 is 1.35 bits per heavy atom. The molecule has 0 aromatic heterocycles. The van der Waals surface area contributed by atoms with Crippen molar-refractivity contribution in [3.05, 3.63) is 28.2 Å². The third-order valence-corrected chi connectivity index (χ3v) is 3.63. The second-order valence-electron chi connectivity index (χ2n) is 5.81. The number of hydrogen-bond donors (Lipinski definition) is 0. The number of halogens is 1. The first-order valence-electron chi connectivity index (χ1n) is 6.76. The van der Waals surface area contributed by atoms with Crippen LogP contribution in [0.15, 0.2) is 22.7 Å². The summed E-state index contributed by atoms with van der Waals surface area (Å²) in [6.07, 6.45) is -0.0155. The number of rotatable bonds is 6. The van der Waals surface area contributed by atoms with Gasteiger partial charge in [0.2, 0.25) is 0 Å². The van der Waals surface area contributed by atoms with Crippen LogP contribution in [0, 0.1) is 5.41 Å². The molecule has 0 aliphatic carbocycles. The maximum atomic E-state index is 12.4. The standard InChI is InChI=1S/C16H23BrO3/c1-6-20-15(16(2,3)4)13(18)10-11-7-8-14(19-5)12(17)9-11/h7-9,15H,6,10H2,1-5H3. The van der Waals surface area contributed by atoms with Crippen LogP contribution in [0.25, 0.3) is 0 Å². The first kappa shape index (κ1) is 17.2. The van der Waals surface area contributed by atoms with E-state index in [0.717, 1.165) is 15.8 Å². The zero-order valence-corrected chi connectivity index (χ0v) is 14.4. The lowest BCUT2D eigenvalue weighted by Crippen LogP contribution is -2.38. The van der Waals surface area contributed by atoms with Gasteiger partial charge in [0.15, 0.2) is 5.78 Å². The highest BCUT2D eigenvalue weighted by atomic mass is 79.9. The maximum absolute atomic E-state index is 12.4. The number of carbonyl (C=O) groups excluding carboxylic acids is 1. The van der Waals surface area contributed by atoms with Crippen molar-refractivity contribution in [2.24, 2.45) is 5.41 Å². The van der Waals surface area contributed by atoms with Gasteiger partial charge in [0.25, 0.3) is 0 Å². The predicted octanol–water partition coefficient (Wildman–Crippen LogP) is 4.02. The SMILES string of the molecule is CCOC(C(=O)Cc1ccc(OC)c(Br)c1)C(C)(C)C. The van der Waals surface area contributed by atoms with Crippen molar-refractivity contribution in [1.29, 1.82) is 0 Å². The van der Waals surface area contributed by atoms with E-state index in [1.54, 1.807) is 7.11 Å². The van der Waals surface area contributed by atoms with E-state index in [2.05, 4.69) is 15.9 Å². The monoisotopic (exact) mass is 342 g/mol. The molecule has 0 saturated carbocycles. The number of ether oxygens (including phenoxy) is 2. The van der Waals surface area contributed by atoms with Gasteiger partial charge in [0, 0.05) is 13.0 Å². The number of carbonyl (C=O) groups is 1. The molecule has 0 bridgehead atoms. The lowest BCUT2D eigenvalue weighted by atomic mass is 9.84. The third-order valence-electron chi connectivity index (χ3n) is 3.01. The van der Waals surface area contributed by atoms with Crippen molar-refractivity contribution in [1.82, 2.24) is 0 Å². The average molecular weight is 343 g/mol. The number of hydrogen-bond acceptors (Lipinski definition) is 3. The van der Waals surface area contributed by atoms with Gasteiger partial charge in [-0.05, 0) is 46.0 Å². The number of methoxy groups -OCH3 is 1. The van der Waals surface area contributed by atoms with Gasteiger partial charge in [0.05, 0.1) is 11.6 Å². The molecule has 1 rings (SSSR count). The molecule has 112 valence electrons. The van der Waals surface area contributed by atoms with Gasteiger partial charge < -0.3 is 9.47 Å². The van der Waals surface area contributed by atoms with Gasteiger partial charge in [-0.3, -0.25) is 4.79 Å². The van der Waals surface area contributed by atoms with E-state index in [4.69, 9.17) is 9.47 Å². The van der Waals surface area contributed by atoms with Crippen LogP contribution in [0.5, 0.6) is 5.75 Å². The number of ketones is 1. The lowest BCUT2D eigenvalue weighted by molar-refractivity contribution is -0.136. The Bertz CT molecular complexity index is 463. The fourth-order valence-corrected chi connectivity index (χ4v) is 2.69. The summed E-state index contributed by atoms with van der Waals surface area (Å²) in [6.45, 7) is 8.52. The molecule has 20 heavy (non-hydrogen) atoms. The van der Waals surface area contributed by atoms with E-state index in [1.807, 2.05) is 45.9 Å². The fourth-order valence-electron chi connectivity index (χ4n) is 2.11. The first-order chi connectivity index (χ1) is 9.29. The fraction of sp³-hybridized carbons (Fsp3) is 0.562. The minimum Gasteiger partial charge on any atom is -0.496 e. The quantitative estimate of drug-likeness (QED) is 0.783. The molecule has 0 saturated heterocycles. The summed E-state index contributed by atoms with van der Waals surface area (Å²) in [7, 11) is 1.62. The Labute approximate surface area is 129 Å². The van der Waals surface area contributed by atoms with Crippen molar-refractivity contribution in [2.45, 2.75) is 40.2 Å². The van der Waals surface area contributed by atoms with Crippen molar-refractivity contribution in [3.8, 4) is 5.75 Å². The summed E-state index contributed by atoms with van der Waals surface area (Å²) < 4.78 is 11.7. The van der Waals surface area contributed by atoms with Crippen molar-refractivity contribution in [3.63, 3.8) is 0 Å². The molecule has 0 spiro atoms. The molecule has 0 aliphatic heterocycles. The Kier molecular flexibility index (Phi) is 6.21. The Morgan fingerprint density at radius 2 is 2.00 bits per heavy atom. The molecule has 0 heterocycles. The summed E-state index contributed by atoms with van der Waals surface area (Å²) in [5, 5.41) is 0. The highest BCUT2D eigenvalue weighted by Crippen LogP contribution is 2.28. The highest BCUT2D eigenvalue weighted by Gasteiger charge is 2.31. The van der Waals surface area contributed by atoms with Crippen molar-refractivity contribution >= 4 is 21.7 Å². The second-order valence-corrected chi connectivity index (χ2v) is 6.67. The van der Waals surface area contributed by atoms with Gasteiger partial charge in [-0.2, -0.15) is 0 Å². The highest BCUT2D eigenvalue weighted by molar-refractivity contribution is 9.10. The largest absolute Gasteiger partial charge is 0.496 e. The second kappa shape index (κ2) is 7.23. The van der Waals surface area contributed by atoms with Crippen LogP contribution in [0.2, 0.25) is 0 Å². The van der Waals surface area contributed by atoms with Gasteiger partial charge in [0.1, 0.15) is 11.9 Å². The van der Waals surface area contributed by atoms with Crippen LogP contribution in [0.4, 0.5) is 0 Å². The summed E-state index contributed by atoms with van der Waals surface area (Å²) >= 11 is 3.44.